The summed E-state index contributed by atoms with van der Waals surface area (Å²) in [5, 5.41) is 60.5. The number of non-ortho nitro benzene ring substituents is 2. The predicted octanol–water partition coefficient (Wildman–Crippen LogP) is 4.58. The molecule has 0 aliphatic rings. The van der Waals surface area contributed by atoms with Gasteiger partial charge >= 0.3 is 11.4 Å². The molecule has 0 radical (unpaired) electrons. The molecule has 20 nitrogen and oxygen atoms in total. The van der Waals surface area contributed by atoms with E-state index < -0.39 is 56.9 Å². The van der Waals surface area contributed by atoms with E-state index in [1.54, 1.807) is 13.8 Å². The first-order valence-electron chi connectivity index (χ1n) is 18.3. The normalized spacial score (nSPS) is 13.1. The van der Waals surface area contributed by atoms with Crippen LogP contribution >= 0.6 is 0 Å². The molecule has 22 heteroatoms. The highest BCUT2D eigenvalue weighted by atomic mass is 19.1. The summed E-state index contributed by atoms with van der Waals surface area (Å²) in [6.07, 6.45) is -2.19. The molecule has 2 aromatic heterocycles. The molecule has 0 saturated carbocycles. The SMILES string of the molecule is CC(C)(CNC(=O)CC(Cc1cc(F)ccc1F)Nc1ccc([N+](=O)[O-])c2nonc12)CNC(=O)C(O)C(COCc1ccccc1)Nc1ccc([N+](=O)[O-])c2nonc12. The smallest absolute Gasteiger partial charge is 0.300 e. The van der Waals surface area contributed by atoms with Crippen LogP contribution in [-0.2, 0) is 27.4 Å². The van der Waals surface area contributed by atoms with Gasteiger partial charge in [0.25, 0.3) is 5.91 Å². The number of rotatable bonds is 20. The highest BCUT2D eigenvalue weighted by molar-refractivity contribution is 5.94. The fraction of sp³-hybridized carbons (Fsp3) is 0.316. The van der Waals surface area contributed by atoms with Crippen molar-refractivity contribution in [2.45, 2.75) is 51.5 Å². The van der Waals surface area contributed by atoms with Crippen LogP contribution in [0.3, 0.4) is 0 Å². The number of anilines is 2. The molecular weight excluding hydrogens is 794 g/mol. The van der Waals surface area contributed by atoms with Crippen molar-refractivity contribution in [1.29, 1.82) is 0 Å². The first-order chi connectivity index (χ1) is 28.7. The lowest BCUT2D eigenvalue weighted by Gasteiger charge is -2.29. The summed E-state index contributed by atoms with van der Waals surface area (Å²) in [7, 11) is 0. The van der Waals surface area contributed by atoms with Gasteiger partial charge in [-0.25, -0.2) is 18.0 Å². The number of halogens is 2. The summed E-state index contributed by atoms with van der Waals surface area (Å²) >= 11 is 0. The molecule has 0 spiro atoms. The van der Waals surface area contributed by atoms with Gasteiger partial charge in [0.15, 0.2) is 17.1 Å². The molecule has 0 aliphatic heterocycles. The molecule has 0 fully saturated rings. The topological polar surface area (TPSA) is 276 Å². The van der Waals surface area contributed by atoms with E-state index in [4.69, 9.17) is 14.0 Å². The van der Waals surface area contributed by atoms with Crippen molar-refractivity contribution in [3.63, 3.8) is 0 Å². The Labute approximate surface area is 337 Å². The van der Waals surface area contributed by atoms with Crippen molar-refractivity contribution in [2.24, 2.45) is 5.41 Å². The molecule has 6 aromatic rings. The van der Waals surface area contributed by atoms with Gasteiger partial charge in [0.1, 0.15) is 11.6 Å². The highest BCUT2D eigenvalue weighted by Gasteiger charge is 2.31. The molecule has 2 heterocycles. The second kappa shape index (κ2) is 18.6. The van der Waals surface area contributed by atoms with Crippen molar-refractivity contribution in [3.05, 3.63) is 116 Å². The number of aliphatic hydroxyl groups excluding tert-OH is 1. The van der Waals surface area contributed by atoms with E-state index in [1.807, 2.05) is 30.3 Å². The van der Waals surface area contributed by atoms with Crippen LogP contribution in [0.25, 0.3) is 22.1 Å². The van der Waals surface area contributed by atoms with Gasteiger partial charge in [-0.15, -0.1) is 0 Å². The Balaban J connectivity index is 1.10. The maximum atomic E-state index is 14.7. The molecule has 3 atom stereocenters. The second-order valence-electron chi connectivity index (χ2n) is 14.5. The van der Waals surface area contributed by atoms with E-state index in [1.165, 1.54) is 24.3 Å². The first-order valence-corrected chi connectivity index (χ1v) is 18.3. The lowest BCUT2D eigenvalue weighted by molar-refractivity contribution is -0.383. The number of fused-ring (bicyclic) bond motifs is 2. The Morgan fingerprint density at radius 1 is 0.817 bits per heavy atom. The number of aliphatic hydroxyl groups is 1. The molecule has 4 aromatic carbocycles. The third kappa shape index (κ3) is 10.5. The lowest BCUT2D eigenvalue weighted by atomic mass is 9.93. The van der Waals surface area contributed by atoms with Gasteiger partial charge in [0, 0.05) is 37.7 Å². The number of hydrogen-bond acceptors (Lipinski definition) is 16. The molecule has 314 valence electrons. The average molecular weight is 833 g/mol. The van der Waals surface area contributed by atoms with Crippen LogP contribution in [0.15, 0.2) is 82.1 Å². The molecule has 60 heavy (non-hydrogen) atoms. The van der Waals surface area contributed by atoms with Crippen LogP contribution in [0, 0.1) is 37.3 Å². The summed E-state index contributed by atoms with van der Waals surface area (Å²) in [4.78, 5) is 48.5. The number of nitrogens with one attached hydrogen (secondary N) is 4. The third-order valence-electron chi connectivity index (χ3n) is 9.35. The Hall–Kier alpha value is -7.20. The Morgan fingerprint density at radius 3 is 2.02 bits per heavy atom. The highest BCUT2D eigenvalue weighted by Crippen LogP contribution is 2.31. The summed E-state index contributed by atoms with van der Waals surface area (Å²) in [6, 6.07) is 15.1. The average Bonchev–Trinajstić information content (AvgIpc) is 3.92. The number of nitro benzene ring substituents is 2. The van der Waals surface area contributed by atoms with Gasteiger partial charge in [-0.2, -0.15) is 0 Å². The fourth-order valence-electron chi connectivity index (χ4n) is 6.19. The number of nitro groups is 2. The van der Waals surface area contributed by atoms with Crippen molar-refractivity contribution in [3.8, 4) is 0 Å². The minimum atomic E-state index is -1.72. The quantitative estimate of drug-likeness (QED) is 0.0520. The number of aromatic nitrogens is 4. The molecule has 5 N–H and O–H groups in total. The maximum Gasteiger partial charge on any atom is 0.300 e. The standard InChI is InChI=1S/C38H38F2N10O10/c1-38(2,19-41-31(51)16-24(15-22-14-23(39)8-9-25(22)40)43-26-10-12-29(49(54)55)34-32(26)45-59-47-34)20-42-37(53)36(52)28(18-58-17-21-6-4-3-5-7-21)44-27-11-13-30(50(56)57)35-33(27)46-60-48-35/h3-14,24,28,36,43-44,52H,15-20H2,1-2H3,(H,41,51)(H,42,53). The molecule has 0 bridgehead atoms. The van der Waals surface area contributed by atoms with Crippen molar-refractivity contribution >= 4 is 56.6 Å². The second-order valence-corrected chi connectivity index (χ2v) is 14.5. The zero-order valence-corrected chi connectivity index (χ0v) is 32.0. The minimum Gasteiger partial charge on any atom is -0.381 e. The minimum absolute atomic E-state index is 0.00331. The van der Waals surface area contributed by atoms with Crippen LogP contribution < -0.4 is 21.3 Å². The van der Waals surface area contributed by atoms with E-state index in [9.17, 15) is 43.7 Å². The van der Waals surface area contributed by atoms with Gasteiger partial charge < -0.3 is 31.1 Å². The molecule has 6 rings (SSSR count). The monoisotopic (exact) mass is 832 g/mol. The summed E-state index contributed by atoms with van der Waals surface area (Å²) < 4.78 is 44.1. The zero-order chi connectivity index (χ0) is 43.0. The van der Waals surface area contributed by atoms with Gasteiger partial charge in [-0.05, 0) is 73.9 Å². The Bertz CT molecular complexity index is 2500. The van der Waals surface area contributed by atoms with Crippen LogP contribution in [0.2, 0.25) is 0 Å². The number of nitrogens with zero attached hydrogens (tertiary/aromatic N) is 6. The number of carbonyl (C=O) groups is 2. The van der Waals surface area contributed by atoms with Gasteiger partial charge in [0.2, 0.25) is 16.9 Å². The Kier molecular flexibility index (Phi) is 13.1. The molecule has 0 aliphatic carbocycles. The lowest BCUT2D eigenvalue weighted by Crippen LogP contribution is -2.50. The van der Waals surface area contributed by atoms with E-state index in [2.05, 4.69) is 41.9 Å². The van der Waals surface area contributed by atoms with Crippen LogP contribution in [-0.4, -0.2) is 85.3 Å². The molecule has 2 amide bonds. The van der Waals surface area contributed by atoms with Gasteiger partial charge in [-0.1, -0.05) is 44.2 Å². The number of amides is 2. The fourth-order valence-corrected chi connectivity index (χ4v) is 6.19. The maximum absolute atomic E-state index is 14.7. The summed E-state index contributed by atoms with van der Waals surface area (Å²) in [5.41, 5.74) is -0.669. The summed E-state index contributed by atoms with van der Waals surface area (Å²) in [5.74, 6) is -2.72. The van der Waals surface area contributed by atoms with Crippen LogP contribution in [0.1, 0.15) is 31.4 Å². The van der Waals surface area contributed by atoms with Crippen molar-refractivity contribution in [2.75, 3.05) is 30.3 Å². The van der Waals surface area contributed by atoms with E-state index in [-0.39, 0.29) is 89.5 Å². The van der Waals surface area contributed by atoms with Crippen LogP contribution in [0.5, 0.6) is 0 Å². The Morgan fingerprint density at radius 2 is 1.40 bits per heavy atom. The number of carbonyl (C=O) groups excluding carboxylic acids is 2. The van der Waals surface area contributed by atoms with E-state index in [0.717, 1.165) is 23.8 Å². The molecule has 3 unspecified atom stereocenters. The van der Waals surface area contributed by atoms with Crippen LogP contribution in [0.4, 0.5) is 31.5 Å². The molecular formula is C38H38F2N10O10. The largest absolute Gasteiger partial charge is 0.381 e. The first kappa shape index (κ1) is 42.4. The van der Waals surface area contributed by atoms with Crippen molar-refractivity contribution < 1.29 is 47.3 Å². The van der Waals surface area contributed by atoms with Gasteiger partial charge in [-0.3, -0.25) is 29.8 Å². The molecule has 0 saturated heterocycles. The number of hydrogen-bond donors (Lipinski definition) is 5. The van der Waals surface area contributed by atoms with Crippen molar-refractivity contribution in [1.82, 2.24) is 31.3 Å². The van der Waals surface area contributed by atoms with Gasteiger partial charge in [0.05, 0.1) is 40.5 Å². The number of benzene rings is 4. The zero-order valence-electron chi connectivity index (χ0n) is 32.0. The van der Waals surface area contributed by atoms with E-state index >= 15 is 0 Å². The van der Waals surface area contributed by atoms with E-state index in [0.29, 0.717) is 0 Å². The number of ether oxygens (including phenoxy) is 1. The predicted molar refractivity (Wildman–Crippen MR) is 208 cm³/mol. The third-order valence-corrected chi connectivity index (χ3v) is 9.35. The summed E-state index contributed by atoms with van der Waals surface area (Å²) in [6.45, 7) is 3.41.